The summed E-state index contributed by atoms with van der Waals surface area (Å²) in [6, 6.07) is 5.64. The second-order valence-corrected chi connectivity index (χ2v) is 6.26. The van der Waals surface area contributed by atoms with E-state index in [1.807, 2.05) is 32.2 Å². The first-order valence-electron chi connectivity index (χ1n) is 8.18. The van der Waals surface area contributed by atoms with E-state index in [9.17, 15) is 9.59 Å². The van der Waals surface area contributed by atoms with Crippen molar-refractivity contribution in [1.82, 2.24) is 4.90 Å². The van der Waals surface area contributed by atoms with Crippen molar-refractivity contribution in [1.29, 1.82) is 0 Å². The number of aryl methyl sites for hydroxylation is 1. The maximum Gasteiger partial charge on any atom is 0.228 e. The Bertz CT molecular complexity index is 586. The summed E-state index contributed by atoms with van der Waals surface area (Å²) in [5, 5.41) is 2.90. The lowest BCUT2D eigenvalue weighted by molar-refractivity contribution is -0.132. The molecule has 5 nitrogen and oxygen atoms in total. The predicted octanol–water partition coefficient (Wildman–Crippen LogP) is 2.84. The van der Waals surface area contributed by atoms with E-state index >= 15 is 0 Å². The summed E-state index contributed by atoms with van der Waals surface area (Å²) in [6.07, 6.45) is 2.68. The summed E-state index contributed by atoms with van der Waals surface area (Å²) in [5.41, 5.74) is 1.71. The number of ether oxygens (including phenoxy) is 1. The molecule has 1 aromatic carbocycles. The molecule has 5 heteroatoms. The topological polar surface area (TPSA) is 58.6 Å². The third-order valence-electron chi connectivity index (χ3n) is 4.28. The van der Waals surface area contributed by atoms with E-state index in [1.165, 1.54) is 0 Å². The van der Waals surface area contributed by atoms with E-state index in [-0.39, 0.29) is 23.7 Å². The summed E-state index contributed by atoms with van der Waals surface area (Å²) in [7, 11) is 3.39. The highest BCUT2D eigenvalue weighted by Gasteiger charge is 2.49. The molecule has 1 N–H and O–H groups in total. The minimum Gasteiger partial charge on any atom is -0.495 e. The Morgan fingerprint density at radius 3 is 2.74 bits per heavy atom. The van der Waals surface area contributed by atoms with E-state index in [2.05, 4.69) is 12.2 Å². The molecule has 126 valence electrons. The van der Waals surface area contributed by atoms with Gasteiger partial charge in [-0.1, -0.05) is 19.4 Å². The molecule has 0 aliphatic heterocycles. The van der Waals surface area contributed by atoms with Crippen molar-refractivity contribution in [3.8, 4) is 5.75 Å². The lowest BCUT2D eigenvalue weighted by atomic mass is 10.2. The van der Waals surface area contributed by atoms with Gasteiger partial charge in [-0.25, -0.2) is 0 Å². The van der Waals surface area contributed by atoms with Gasteiger partial charge in [0.25, 0.3) is 0 Å². The number of hydrogen-bond acceptors (Lipinski definition) is 3. The smallest absolute Gasteiger partial charge is 0.228 e. The van der Waals surface area contributed by atoms with Gasteiger partial charge in [0.1, 0.15) is 5.75 Å². The SMILES string of the molecule is CCCCN(C)C(=O)C1CC1C(=O)Nc1cc(C)ccc1OC. The number of hydrogen-bond donors (Lipinski definition) is 1. The number of methoxy groups -OCH3 is 1. The fourth-order valence-electron chi connectivity index (χ4n) is 2.69. The first kappa shape index (κ1) is 17.3. The van der Waals surface area contributed by atoms with Gasteiger partial charge < -0.3 is 15.0 Å². The van der Waals surface area contributed by atoms with E-state index in [1.54, 1.807) is 12.0 Å². The van der Waals surface area contributed by atoms with Crippen molar-refractivity contribution in [3.05, 3.63) is 23.8 Å². The summed E-state index contributed by atoms with van der Waals surface area (Å²) in [6.45, 7) is 4.81. The Hall–Kier alpha value is -2.04. The monoisotopic (exact) mass is 318 g/mol. The molecule has 1 saturated carbocycles. The van der Waals surface area contributed by atoms with Gasteiger partial charge in [0.15, 0.2) is 0 Å². The number of carbonyl (C=O) groups excluding carboxylic acids is 2. The summed E-state index contributed by atoms with van der Waals surface area (Å²) in [5.74, 6) is 0.211. The molecule has 1 fully saturated rings. The Balaban J connectivity index is 1.94. The highest BCUT2D eigenvalue weighted by atomic mass is 16.5. The van der Waals surface area contributed by atoms with Gasteiger partial charge >= 0.3 is 0 Å². The maximum atomic E-state index is 12.4. The normalized spacial score (nSPS) is 19.1. The van der Waals surface area contributed by atoms with Crippen LogP contribution in [0.2, 0.25) is 0 Å². The minimum atomic E-state index is -0.225. The number of benzene rings is 1. The van der Waals surface area contributed by atoms with Crippen LogP contribution in [0.15, 0.2) is 18.2 Å². The predicted molar refractivity (Wildman–Crippen MR) is 90.5 cm³/mol. The molecule has 0 aromatic heterocycles. The van der Waals surface area contributed by atoms with Crippen LogP contribution in [0.1, 0.15) is 31.7 Å². The average Bonchev–Trinajstić information content (AvgIpc) is 3.32. The molecule has 1 aromatic rings. The second-order valence-electron chi connectivity index (χ2n) is 6.26. The maximum absolute atomic E-state index is 12.4. The summed E-state index contributed by atoms with van der Waals surface area (Å²) in [4.78, 5) is 26.4. The van der Waals surface area contributed by atoms with E-state index in [4.69, 9.17) is 4.74 Å². The zero-order valence-corrected chi connectivity index (χ0v) is 14.4. The molecule has 0 radical (unpaired) electrons. The number of amides is 2. The molecule has 0 spiro atoms. The molecule has 2 amide bonds. The average molecular weight is 318 g/mol. The molecule has 0 bridgehead atoms. The summed E-state index contributed by atoms with van der Waals surface area (Å²) >= 11 is 0. The van der Waals surface area contributed by atoms with Gasteiger partial charge in [0.2, 0.25) is 11.8 Å². The van der Waals surface area contributed by atoms with Crippen LogP contribution in [0.3, 0.4) is 0 Å². The third-order valence-corrected chi connectivity index (χ3v) is 4.28. The Morgan fingerprint density at radius 2 is 2.09 bits per heavy atom. The van der Waals surface area contributed by atoms with Crippen molar-refractivity contribution < 1.29 is 14.3 Å². The van der Waals surface area contributed by atoms with E-state index in [0.29, 0.717) is 17.9 Å². The van der Waals surface area contributed by atoms with Crippen molar-refractivity contribution in [3.63, 3.8) is 0 Å². The highest BCUT2D eigenvalue weighted by Crippen LogP contribution is 2.41. The van der Waals surface area contributed by atoms with Crippen LogP contribution >= 0.6 is 0 Å². The van der Waals surface area contributed by atoms with Crippen molar-refractivity contribution in [2.24, 2.45) is 11.8 Å². The van der Waals surface area contributed by atoms with Crippen LogP contribution in [-0.4, -0.2) is 37.4 Å². The van der Waals surface area contributed by atoms with Gasteiger partial charge in [-0.05, 0) is 37.5 Å². The molecule has 2 atom stereocenters. The first-order valence-corrected chi connectivity index (χ1v) is 8.18. The van der Waals surface area contributed by atoms with Crippen molar-refractivity contribution in [2.75, 3.05) is 26.0 Å². The largest absolute Gasteiger partial charge is 0.495 e. The number of rotatable bonds is 7. The first-order chi connectivity index (χ1) is 11.0. The van der Waals surface area contributed by atoms with Gasteiger partial charge in [0, 0.05) is 13.6 Å². The lowest BCUT2D eigenvalue weighted by Crippen LogP contribution is -2.30. The van der Waals surface area contributed by atoms with Crippen LogP contribution in [0.5, 0.6) is 5.75 Å². The highest BCUT2D eigenvalue weighted by molar-refractivity contribution is 6.00. The van der Waals surface area contributed by atoms with Crippen LogP contribution in [0.25, 0.3) is 0 Å². The lowest BCUT2D eigenvalue weighted by Gasteiger charge is -2.16. The second kappa shape index (κ2) is 7.49. The molecule has 0 heterocycles. The minimum absolute atomic E-state index is 0.0785. The molecule has 0 saturated heterocycles. The van der Waals surface area contributed by atoms with E-state index in [0.717, 1.165) is 24.9 Å². The molecule has 1 aliphatic carbocycles. The molecule has 23 heavy (non-hydrogen) atoms. The Labute approximate surface area is 138 Å². The van der Waals surface area contributed by atoms with Crippen LogP contribution in [0, 0.1) is 18.8 Å². The molecule has 2 unspecified atom stereocenters. The molecular formula is C18H26N2O3. The quantitative estimate of drug-likeness (QED) is 0.841. The van der Waals surface area contributed by atoms with Gasteiger partial charge in [-0.15, -0.1) is 0 Å². The van der Waals surface area contributed by atoms with Crippen molar-refractivity contribution >= 4 is 17.5 Å². The fourth-order valence-corrected chi connectivity index (χ4v) is 2.69. The zero-order chi connectivity index (χ0) is 17.0. The van der Waals surface area contributed by atoms with Crippen LogP contribution in [0.4, 0.5) is 5.69 Å². The number of carbonyl (C=O) groups is 2. The number of anilines is 1. The van der Waals surface area contributed by atoms with Crippen LogP contribution in [-0.2, 0) is 9.59 Å². The number of nitrogens with zero attached hydrogens (tertiary/aromatic N) is 1. The van der Waals surface area contributed by atoms with Gasteiger partial charge in [0.05, 0.1) is 24.6 Å². The Morgan fingerprint density at radius 1 is 1.35 bits per heavy atom. The van der Waals surface area contributed by atoms with Gasteiger partial charge in [-0.3, -0.25) is 9.59 Å². The van der Waals surface area contributed by atoms with Crippen LogP contribution < -0.4 is 10.1 Å². The molecule has 1 aliphatic rings. The molecule has 2 rings (SSSR count). The standard InChI is InChI=1S/C18H26N2O3/c1-5-6-9-20(3)18(22)14-11-13(14)17(21)19-15-10-12(2)7-8-16(15)23-4/h7-8,10,13-14H,5-6,9,11H2,1-4H3,(H,19,21). The zero-order valence-electron chi connectivity index (χ0n) is 14.4. The fraction of sp³-hybridized carbons (Fsp3) is 0.556. The summed E-state index contributed by atoms with van der Waals surface area (Å²) < 4.78 is 5.27. The number of unbranched alkanes of at least 4 members (excludes halogenated alkanes) is 1. The molecular weight excluding hydrogens is 292 g/mol. The number of nitrogens with one attached hydrogen (secondary N) is 1. The Kier molecular flexibility index (Phi) is 5.64. The van der Waals surface area contributed by atoms with E-state index < -0.39 is 0 Å². The van der Waals surface area contributed by atoms with Gasteiger partial charge in [-0.2, -0.15) is 0 Å². The van der Waals surface area contributed by atoms with Crippen molar-refractivity contribution in [2.45, 2.75) is 33.1 Å². The third kappa shape index (κ3) is 4.24.